The molecule has 0 atom stereocenters. The predicted molar refractivity (Wildman–Crippen MR) is 48.6 cm³/mol. The molecule has 0 amide bonds. The Morgan fingerprint density at radius 1 is 1.21 bits per heavy atom. The molecule has 0 unspecified atom stereocenters. The van der Waals surface area contributed by atoms with Crippen molar-refractivity contribution in [2.45, 2.75) is 0 Å². The minimum Gasteiger partial charge on any atom is -0.334 e. The third kappa shape index (κ3) is 1.28. The normalized spacial score (nSPS) is 10.5. The fourth-order valence-electron chi connectivity index (χ4n) is 1.32. The Bertz CT molecular complexity index is 443. The van der Waals surface area contributed by atoms with E-state index in [0.29, 0.717) is 5.82 Å². The van der Waals surface area contributed by atoms with E-state index >= 15 is 0 Å². The molecular weight excluding hydrogens is 186 g/mol. The molecular formula is C10H8F2N2. The highest BCUT2D eigenvalue weighted by Gasteiger charge is 2.13. The summed E-state index contributed by atoms with van der Waals surface area (Å²) in [4.78, 5) is 3.89. The van der Waals surface area contributed by atoms with Crippen molar-refractivity contribution >= 4 is 0 Å². The van der Waals surface area contributed by atoms with Crippen LogP contribution in [0.1, 0.15) is 0 Å². The predicted octanol–water partition coefficient (Wildman–Crippen LogP) is 2.37. The third-order valence-electron chi connectivity index (χ3n) is 2.01. The quantitative estimate of drug-likeness (QED) is 0.681. The highest BCUT2D eigenvalue weighted by atomic mass is 19.1. The molecule has 0 aliphatic carbocycles. The van der Waals surface area contributed by atoms with Gasteiger partial charge in [-0.3, -0.25) is 0 Å². The van der Waals surface area contributed by atoms with Gasteiger partial charge in [-0.15, -0.1) is 0 Å². The molecule has 1 heterocycles. The van der Waals surface area contributed by atoms with Crippen LogP contribution in [0.5, 0.6) is 0 Å². The Labute approximate surface area is 79.8 Å². The molecule has 4 heteroatoms. The molecule has 0 N–H and O–H groups in total. The van der Waals surface area contributed by atoms with Crippen LogP contribution in [0.3, 0.4) is 0 Å². The van der Waals surface area contributed by atoms with Crippen molar-refractivity contribution in [3.63, 3.8) is 0 Å². The second-order valence-electron chi connectivity index (χ2n) is 2.96. The Hall–Kier alpha value is -1.71. The van der Waals surface area contributed by atoms with Gasteiger partial charge in [-0.1, -0.05) is 6.07 Å². The van der Waals surface area contributed by atoms with Crippen LogP contribution in [0.4, 0.5) is 8.78 Å². The number of rotatable bonds is 1. The first-order valence-corrected chi connectivity index (χ1v) is 4.12. The van der Waals surface area contributed by atoms with E-state index in [1.165, 1.54) is 24.4 Å². The van der Waals surface area contributed by atoms with E-state index in [1.807, 2.05) is 0 Å². The fourth-order valence-corrected chi connectivity index (χ4v) is 1.32. The van der Waals surface area contributed by atoms with Crippen molar-refractivity contribution in [2.24, 2.45) is 7.05 Å². The van der Waals surface area contributed by atoms with Gasteiger partial charge in [-0.05, 0) is 12.1 Å². The van der Waals surface area contributed by atoms with E-state index in [4.69, 9.17) is 0 Å². The van der Waals surface area contributed by atoms with E-state index < -0.39 is 11.6 Å². The van der Waals surface area contributed by atoms with Crippen molar-refractivity contribution in [2.75, 3.05) is 0 Å². The lowest BCUT2D eigenvalue weighted by Crippen LogP contribution is -1.97. The minimum atomic E-state index is -0.598. The molecule has 72 valence electrons. The summed E-state index contributed by atoms with van der Waals surface area (Å²) in [7, 11) is 1.69. The Kier molecular flexibility index (Phi) is 2.04. The van der Waals surface area contributed by atoms with E-state index in [0.717, 1.165) is 0 Å². The first-order chi connectivity index (χ1) is 6.70. The summed E-state index contributed by atoms with van der Waals surface area (Å²) in [6.07, 6.45) is 3.14. The molecule has 0 spiro atoms. The van der Waals surface area contributed by atoms with Crippen LogP contribution in [0.2, 0.25) is 0 Å². The largest absolute Gasteiger partial charge is 0.334 e. The standard InChI is InChI=1S/C10H8F2N2/c1-14-6-5-13-10(14)9-7(11)3-2-4-8(9)12/h2-6H,1H3. The van der Waals surface area contributed by atoms with Gasteiger partial charge in [-0.2, -0.15) is 0 Å². The summed E-state index contributed by atoms with van der Waals surface area (Å²) >= 11 is 0. The zero-order valence-electron chi connectivity index (χ0n) is 7.54. The van der Waals surface area contributed by atoms with E-state index in [1.54, 1.807) is 17.8 Å². The topological polar surface area (TPSA) is 17.8 Å². The molecule has 2 rings (SSSR count). The van der Waals surface area contributed by atoms with Gasteiger partial charge in [0.1, 0.15) is 17.5 Å². The molecule has 0 aliphatic heterocycles. The molecule has 0 fully saturated rings. The third-order valence-corrected chi connectivity index (χ3v) is 2.01. The molecule has 0 bridgehead atoms. The van der Waals surface area contributed by atoms with Gasteiger partial charge < -0.3 is 4.57 Å². The summed E-state index contributed by atoms with van der Waals surface area (Å²) in [5.74, 6) is -0.904. The second kappa shape index (κ2) is 3.21. The lowest BCUT2D eigenvalue weighted by Gasteiger charge is -2.04. The van der Waals surface area contributed by atoms with Crippen LogP contribution in [0, 0.1) is 11.6 Å². The molecule has 2 aromatic rings. The van der Waals surface area contributed by atoms with Crippen LogP contribution >= 0.6 is 0 Å². The van der Waals surface area contributed by atoms with E-state index in [2.05, 4.69) is 4.98 Å². The van der Waals surface area contributed by atoms with Crippen molar-refractivity contribution in [3.8, 4) is 11.4 Å². The maximum atomic E-state index is 13.3. The molecule has 0 radical (unpaired) electrons. The molecule has 0 saturated carbocycles. The molecule has 14 heavy (non-hydrogen) atoms. The molecule has 1 aromatic heterocycles. The van der Waals surface area contributed by atoms with Crippen LogP contribution in [-0.2, 0) is 7.05 Å². The first-order valence-electron chi connectivity index (χ1n) is 4.12. The summed E-state index contributed by atoms with van der Waals surface area (Å²) in [6.45, 7) is 0. The Morgan fingerprint density at radius 3 is 2.36 bits per heavy atom. The van der Waals surface area contributed by atoms with Crippen molar-refractivity contribution in [1.29, 1.82) is 0 Å². The van der Waals surface area contributed by atoms with Gasteiger partial charge >= 0.3 is 0 Å². The zero-order chi connectivity index (χ0) is 10.1. The van der Waals surface area contributed by atoms with Crippen molar-refractivity contribution < 1.29 is 8.78 Å². The fraction of sp³-hybridized carbons (Fsp3) is 0.100. The Balaban J connectivity index is 2.68. The summed E-state index contributed by atoms with van der Waals surface area (Å²) in [5, 5.41) is 0. The minimum absolute atomic E-state index is 0.0833. The summed E-state index contributed by atoms with van der Waals surface area (Å²) in [6, 6.07) is 3.76. The number of aryl methyl sites for hydroxylation is 1. The van der Waals surface area contributed by atoms with E-state index in [-0.39, 0.29) is 5.56 Å². The summed E-state index contributed by atoms with van der Waals surface area (Å²) < 4.78 is 28.2. The average Bonchev–Trinajstić information content (AvgIpc) is 2.52. The number of halogens is 2. The number of imidazole rings is 1. The number of nitrogens with zero attached hydrogens (tertiary/aromatic N) is 2. The number of hydrogen-bond acceptors (Lipinski definition) is 1. The van der Waals surface area contributed by atoms with Gasteiger partial charge in [-0.25, -0.2) is 13.8 Å². The lowest BCUT2D eigenvalue weighted by molar-refractivity contribution is 0.586. The van der Waals surface area contributed by atoms with Crippen LogP contribution < -0.4 is 0 Å². The molecule has 2 nitrogen and oxygen atoms in total. The van der Waals surface area contributed by atoms with Gasteiger partial charge in [0.15, 0.2) is 0 Å². The van der Waals surface area contributed by atoms with Crippen molar-refractivity contribution in [3.05, 3.63) is 42.2 Å². The molecule has 0 saturated heterocycles. The maximum absolute atomic E-state index is 13.3. The summed E-state index contributed by atoms with van der Waals surface area (Å²) in [5.41, 5.74) is -0.0833. The van der Waals surface area contributed by atoms with E-state index in [9.17, 15) is 8.78 Å². The highest BCUT2D eigenvalue weighted by Crippen LogP contribution is 2.23. The SMILES string of the molecule is Cn1ccnc1-c1c(F)cccc1F. The molecule has 0 aliphatic rings. The monoisotopic (exact) mass is 194 g/mol. The van der Waals surface area contributed by atoms with Crippen LogP contribution in [0.25, 0.3) is 11.4 Å². The van der Waals surface area contributed by atoms with Crippen molar-refractivity contribution in [1.82, 2.24) is 9.55 Å². The van der Waals surface area contributed by atoms with Gasteiger partial charge in [0.05, 0.1) is 5.56 Å². The molecule has 1 aromatic carbocycles. The number of benzene rings is 1. The Morgan fingerprint density at radius 2 is 1.86 bits per heavy atom. The number of aromatic nitrogens is 2. The average molecular weight is 194 g/mol. The van der Waals surface area contributed by atoms with Crippen LogP contribution in [-0.4, -0.2) is 9.55 Å². The number of hydrogen-bond donors (Lipinski definition) is 0. The van der Waals surface area contributed by atoms with Crippen LogP contribution in [0.15, 0.2) is 30.6 Å². The highest BCUT2D eigenvalue weighted by molar-refractivity contribution is 5.57. The van der Waals surface area contributed by atoms with Gasteiger partial charge in [0.2, 0.25) is 0 Å². The first kappa shape index (κ1) is 8.87. The van der Waals surface area contributed by atoms with Gasteiger partial charge in [0.25, 0.3) is 0 Å². The van der Waals surface area contributed by atoms with Gasteiger partial charge in [0, 0.05) is 19.4 Å². The smallest absolute Gasteiger partial charge is 0.145 e. The lowest BCUT2D eigenvalue weighted by atomic mass is 10.2. The zero-order valence-corrected chi connectivity index (χ0v) is 7.54. The second-order valence-corrected chi connectivity index (χ2v) is 2.96. The maximum Gasteiger partial charge on any atom is 0.145 e.